The van der Waals surface area contributed by atoms with E-state index in [1.54, 1.807) is 6.92 Å². The number of hydrogen-bond acceptors (Lipinski definition) is 5. The van der Waals surface area contributed by atoms with Crippen LogP contribution in [0.2, 0.25) is 0 Å². The van der Waals surface area contributed by atoms with Gasteiger partial charge in [-0.05, 0) is 24.9 Å². The molecule has 0 spiro atoms. The Balaban J connectivity index is 3.50. The Morgan fingerprint density at radius 1 is 1.47 bits per heavy atom. The number of nitrogens with zero attached hydrogens (tertiary/aromatic N) is 1. The molecule has 0 bridgehead atoms. The zero-order chi connectivity index (χ0) is 11.7. The fraction of sp³-hybridized carbons (Fsp3) is 0.750. The van der Waals surface area contributed by atoms with Crippen molar-refractivity contribution >= 4 is 11.9 Å². The number of nitrogens with two attached hydrogens (primary N) is 3. The van der Waals surface area contributed by atoms with Gasteiger partial charge in [0, 0.05) is 0 Å². The number of guanidine groups is 1. The molecule has 0 aliphatic rings. The van der Waals surface area contributed by atoms with Gasteiger partial charge in [0.15, 0.2) is 0 Å². The third-order valence-corrected chi connectivity index (χ3v) is 1.51. The summed E-state index contributed by atoms with van der Waals surface area (Å²) in [5, 5.41) is 3.32. The molecule has 0 rings (SSSR count). The Morgan fingerprint density at radius 3 is 2.67 bits per heavy atom. The summed E-state index contributed by atoms with van der Waals surface area (Å²) in [6, 6.07) is -0.618. The van der Waals surface area contributed by atoms with Crippen LogP contribution >= 0.6 is 0 Å². The average Bonchev–Trinajstić information content (AvgIpc) is 2.16. The third-order valence-electron chi connectivity index (χ3n) is 1.51. The standard InChI is InChI=1S/C8H18N4O3/c1-2-14-7(13)6(9)4-3-5-15-12-8(10)11/h6H,2-5,9H2,1H3,(H4,10,11,12). The molecule has 0 aliphatic carbocycles. The van der Waals surface area contributed by atoms with E-state index in [9.17, 15) is 4.79 Å². The average molecular weight is 218 g/mol. The molecule has 88 valence electrons. The summed E-state index contributed by atoms with van der Waals surface area (Å²) in [6.45, 7) is 2.37. The number of esters is 1. The maximum Gasteiger partial charge on any atom is 0.322 e. The first-order valence-corrected chi connectivity index (χ1v) is 4.71. The van der Waals surface area contributed by atoms with Gasteiger partial charge in [-0.25, -0.2) is 0 Å². The zero-order valence-electron chi connectivity index (χ0n) is 8.81. The first-order valence-electron chi connectivity index (χ1n) is 4.71. The molecule has 0 heterocycles. The molecule has 0 amide bonds. The summed E-state index contributed by atoms with van der Waals surface area (Å²) < 4.78 is 4.73. The molecule has 7 heteroatoms. The second kappa shape index (κ2) is 7.86. The van der Waals surface area contributed by atoms with Gasteiger partial charge in [-0.3, -0.25) is 4.79 Å². The molecule has 1 unspecified atom stereocenters. The van der Waals surface area contributed by atoms with Gasteiger partial charge in [-0.2, -0.15) is 0 Å². The second-order valence-electron chi connectivity index (χ2n) is 2.85. The molecule has 0 radical (unpaired) electrons. The number of ether oxygens (including phenoxy) is 1. The van der Waals surface area contributed by atoms with E-state index in [1.165, 1.54) is 0 Å². The molecule has 0 aromatic carbocycles. The smallest absolute Gasteiger partial charge is 0.322 e. The number of carbonyl (C=O) groups is 1. The van der Waals surface area contributed by atoms with E-state index in [4.69, 9.17) is 26.8 Å². The molecule has 0 aliphatic heterocycles. The monoisotopic (exact) mass is 218 g/mol. The first-order chi connectivity index (χ1) is 7.07. The minimum absolute atomic E-state index is 0.135. The lowest BCUT2D eigenvalue weighted by atomic mass is 10.2. The van der Waals surface area contributed by atoms with Crippen LogP contribution in [0.25, 0.3) is 0 Å². The highest BCUT2D eigenvalue weighted by Gasteiger charge is 2.13. The first kappa shape index (κ1) is 13.5. The largest absolute Gasteiger partial charge is 0.465 e. The minimum Gasteiger partial charge on any atom is -0.465 e. The molecule has 7 nitrogen and oxygen atoms in total. The van der Waals surface area contributed by atoms with Crippen molar-refractivity contribution in [3.8, 4) is 0 Å². The van der Waals surface area contributed by atoms with Crippen LogP contribution in [0.4, 0.5) is 0 Å². The minimum atomic E-state index is -0.618. The van der Waals surface area contributed by atoms with Crippen molar-refractivity contribution in [2.75, 3.05) is 13.2 Å². The Kier molecular flexibility index (Phi) is 7.08. The van der Waals surface area contributed by atoms with E-state index in [-0.39, 0.29) is 5.96 Å². The van der Waals surface area contributed by atoms with Gasteiger partial charge in [-0.1, -0.05) is 0 Å². The lowest BCUT2D eigenvalue weighted by Crippen LogP contribution is -2.32. The van der Waals surface area contributed by atoms with E-state index in [1.807, 2.05) is 0 Å². The topological polar surface area (TPSA) is 126 Å². The number of oxime groups is 1. The normalized spacial score (nSPS) is 11.6. The van der Waals surface area contributed by atoms with Gasteiger partial charge in [-0.15, -0.1) is 0 Å². The molecule has 0 aromatic rings. The van der Waals surface area contributed by atoms with Crippen LogP contribution in [-0.2, 0) is 14.4 Å². The predicted octanol–water partition coefficient (Wildman–Crippen LogP) is -1.14. The van der Waals surface area contributed by atoms with Gasteiger partial charge in [0.1, 0.15) is 12.6 Å². The van der Waals surface area contributed by atoms with Crippen molar-refractivity contribution in [1.29, 1.82) is 0 Å². The lowest BCUT2D eigenvalue weighted by molar-refractivity contribution is -0.144. The zero-order valence-corrected chi connectivity index (χ0v) is 8.81. The van der Waals surface area contributed by atoms with Crippen LogP contribution < -0.4 is 17.2 Å². The fourth-order valence-electron chi connectivity index (χ4n) is 0.855. The lowest BCUT2D eigenvalue weighted by Gasteiger charge is -2.09. The molecule has 0 fully saturated rings. The van der Waals surface area contributed by atoms with Gasteiger partial charge in [0.05, 0.1) is 6.61 Å². The maximum atomic E-state index is 11.1. The van der Waals surface area contributed by atoms with E-state index in [0.717, 1.165) is 0 Å². The number of hydrogen-bond donors (Lipinski definition) is 3. The maximum absolute atomic E-state index is 11.1. The Morgan fingerprint density at radius 2 is 2.13 bits per heavy atom. The highest BCUT2D eigenvalue weighted by Crippen LogP contribution is 1.97. The van der Waals surface area contributed by atoms with Crippen LogP contribution in [0.1, 0.15) is 19.8 Å². The summed E-state index contributed by atoms with van der Waals surface area (Å²) in [5.74, 6) is -0.538. The molecular formula is C8H18N4O3. The van der Waals surface area contributed by atoms with Crippen molar-refractivity contribution in [1.82, 2.24) is 0 Å². The summed E-state index contributed by atoms with van der Waals surface area (Å²) in [5.41, 5.74) is 15.6. The van der Waals surface area contributed by atoms with Gasteiger partial charge in [0.25, 0.3) is 0 Å². The van der Waals surface area contributed by atoms with Crippen LogP contribution in [0.15, 0.2) is 5.16 Å². The van der Waals surface area contributed by atoms with E-state index in [0.29, 0.717) is 26.1 Å². The highest BCUT2D eigenvalue weighted by atomic mass is 16.6. The number of rotatable bonds is 7. The fourth-order valence-corrected chi connectivity index (χ4v) is 0.855. The van der Waals surface area contributed by atoms with Gasteiger partial charge in [0.2, 0.25) is 5.96 Å². The van der Waals surface area contributed by atoms with E-state index < -0.39 is 12.0 Å². The van der Waals surface area contributed by atoms with Crippen LogP contribution in [0.3, 0.4) is 0 Å². The van der Waals surface area contributed by atoms with Crippen LogP contribution in [0.5, 0.6) is 0 Å². The second-order valence-corrected chi connectivity index (χ2v) is 2.85. The van der Waals surface area contributed by atoms with Crippen molar-refractivity contribution in [3.63, 3.8) is 0 Å². The van der Waals surface area contributed by atoms with Crippen LogP contribution in [0, 0.1) is 0 Å². The third kappa shape index (κ3) is 7.56. The van der Waals surface area contributed by atoms with Crippen molar-refractivity contribution in [2.24, 2.45) is 22.4 Å². The molecule has 0 saturated carbocycles. The Bertz CT molecular complexity index is 216. The van der Waals surface area contributed by atoms with Crippen molar-refractivity contribution < 1.29 is 14.4 Å². The summed E-state index contributed by atoms with van der Waals surface area (Å²) in [6.07, 6.45) is 1.05. The van der Waals surface area contributed by atoms with E-state index >= 15 is 0 Å². The van der Waals surface area contributed by atoms with Crippen LogP contribution in [-0.4, -0.2) is 31.2 Å². The quantitative estimate of drug-likeness (QED) is 0.163. The van der Waals surface area contributed by atoms with Crippen molar-refractivity contribution in [2.45, 2.75) is 25.8 Å². The summed E-state index contributed by atoms with van der Waals surface area (Å²) >= 11 is 0. The Hall–Kier alpha value is -1.50. The predicted molar refractivity (Wildman–Crippen MR) is 55.6 cm³/mol. The van der Waals surface area contributed by atoms with Gasteiger partial charge >= 0.3 is 5.97 Å². The highest BCUT2D eigenvalue weighted by molar-refractivity contribution is 5.75. The molecular weight excluding hydrogens is 200 g/mol. The molecule has 0 aromatic heterocycles. The van der Waals surface area contributed by atoms with Gasteiger partial charge < -0.3 is 26.8 Å². The summed E-state index contributed by atoms with van der Waals surface area (Å²) in [7, 11) is 0. The molecule has 15 heavy (non-hydrogen) atoms. The Labute approximate surface area is 88.6 Å². The molecule has 1 atom stereocenters. The summed E-state index contributed by atoms with van der Waals surface area (Å²) in [4.78, 5) is 15.8. The van der Waals surface area contributed by atoms with Crippen molar-refractivity contribution in [3.05, 3.63) is 0 Å². The van der Waals surface area contributed by atoms with E-state index in [2.05, 4.69) is 5.16 Å². The molecule has 0 saturated heterocycles. The molecule has 6 N–H and O–H groups in total. The SMILES string of the molecule is CCOC(=O)C(N)CCCON=C(N)N. The number of carbonyl (C=O) groups excluding carboxylic acids is 1.